The first-order chi connectivity index (χ1) is 18.9. The van der Waals surface area contributed by atoms with Crippen LogP contribution in [0.3, 0.4) is 0 Å². The van der Waals surface area contributed by atoms with E-state index in [1.54, 1.807) is 0 Å². The Morgan fingerprint density at radius 2 is 1.55 bits per heavy atom. The lowest BCUT2D eigenvalue weighted by Crippen LogP contribution is -2.33. The van der Waals surface area contributed by atoms with Gasteiger partial charge in [0.2, 0.25) is 0 Å². The van der Waals surface area contributed by atoms with Crippen molar-refractivity contribution < 1.29 is 19.0 Å². The number of carbonyl (C=O) groups is 1. The van der Waals surface area contributed by atoms with Crippen LogP contribution in [0.15, 0.2) is 48.7 Å². The van der Waals surface area contributed by atoms with Gasteiger partial charge in [0, 0.05) is 51.5 Å². The molecule has 226 valence electrons. The number of aromatic nitrogens is 1. The number of hydrogen-bond acceptors (Lipinski definition) is 6. The molecule has 0 amide bonds. The van der Waals surface area contributed by atoms with Crippen LogP contribution in [0.5, 0.6) is 5.75 Å². The molecule has 0 saturated carbocycles. The standard InChI is InChI=1S/C18H28N2O2.C11H16O.C2H5NO.C2H6/c1-6-21-17(22-7-2)13-19(4)12-15-9-8-10-16-14(3)11-20(5)18(15)16;1-9-5-7-10(8-6-9)12-11(2,3)4;3-1-2-4;1-2/h8-11,17H,6-7,12-13H2,1-5H3;5-8H,1-4H3;2H,1,3H2;1-2H3. The molecule has 1 aromatic heterocycles. The number of benzene rings is 2. The molecule has 0 spiro atoms. The fourth-order valence-electron chi connectivity index (χ4n) is 3.97. The first kappa shape index (κ1) is 37.3. The minimum absolute atomic E-state index is 0.102. The van der Waals surface area contributed by atoms with E-state index in [1.807, 2.05) is 60.6 Å². The number of fused-ring (bicyclic) bond motifs is 1. The van der Waals surface area contributed by atoms with Gasteiger partial charge in [-0.2, -0.15) is 0 Å². The maximum absolute atomic E-state index is 9.05. The number of nitrogens with zero attached hydrogens (tertiary/aromatic N) is 2. The molecule has 0 atom stereocenters. The average molecular weight is 558 g/mol. The van der Waals surface area contributed by atoms with Crippen molar-refractivity contribution in [2.45, 2.75) is 80.7 Å². The summed E-state index contributed by atoms with van der Waals surface area (Å²) < 4.78 is 19.1. The normalized spacial score (nSPS) is 10.8. The number of nitrogens with two attached hydrogens (primary N) is 1. The summed E-state index contributed by atoms with van der Waals surface area (Å²) in [6.45, 7) is 21.5. The number of aldehydes is 1. The molecule has 0 saturated heterocycles. The van der Waals surface area contributed by atoms with E-state index in [0.29, 0.717) is 19.5 Å². The molecule has 0 aliphatic heterocycles. The molecule has 0 aliphatic carbocycles. The van der Waals surface area contributed by atoms with Crippen LogP contribution in [-0.2, 0) is 27.9 Å². The van der Waals surface area contributed by atoms with E-state index >= 15 is 0 Å². The van der Waals surface area contributed by atoms with Gasteiger partial charge in [-0.15, -0.1) is 0 Å². The molecule has 0 fully saturated rings. The Hall–Kier alpha value is -2.71. The lowest BCUT2D eigenvalue weighted by Gasteiger charge is -2.24. The predicted molar refractivity (Wildman–Crippen MR) is 169 cm³/mol. The maximum Gasteiger partial charge on any atom is 0.170 e. The third kappa shape index (κ3) is 14.6. The van der Waals surface area contributed by atoms with Crippen LogP contribution in [0.4, 0.5) is 0 Å². The Kier molecular flexibility index (Phi) is 18.8. The summed E-state index contributed by atoms with van der Waals surface area (Å²) in [7, 11) is 4.22. The molecule has 0 bridgehead atoms. The van der Waals surface area contributed by atoms with E-state index in [4.69, 9.17) is 19.0 Å². The fraction of sp³-hybridized carbons (Fsp3) is 0.545. The van der Waals surface area contributed by atoms with Gasteiger partial charge in [0.25, 0.3) is 0 Å². The molecule has 0 radical (unpaired) electrons. The number of rotatable bonds is 10. The quantitative estimate of drug-likeness (QED) is 0.222. The van der Waals surface area contributed by atoms with Gasteiger partial charge < -0.3 is 29.3 Å². The lowest BCUT2D eigenvalue weighted by atomic mass is 10.1. The zero-order valence-corrected chi connectivity index (χ0v) is 26.9. The number of hydrogen-bond donors (Lipinski definition) is 1. The summed E-state index contributed by atoms with van der Waals surface area (Å²) in [6.07, 6.45) is 2.69. The highest BCUT2D eigenvalue weighted by molar-refractivity contribution is 5.86. The number of aryl methyl sites for hydroxylation is 3. The van der Waals surface area contributed by atoms with E-state index in [0.717, 1.165) is 18.8 Å². The van der Waals surface area contributed by atoms with Crippen LogP contribution in [0.2, 0.25) is 0 Å². The first-order valence-electron chi connectivity index (χ1n) is 14.3. The largest absolute Gasteiger partial charge is 0.488 e. The Labute approximate surface area is 243 Å². The van der Waals surface area contributed by atoms with Gasteiger partial charge >= 0.3 is 0 Å². The van der Waals surface area contributed by atoms with Crippen molar-refractivity contribution in [1.29, 1.82) is 0 Å². The summed E-state index contributed by atoms with van der Waals surface area (Å²) in [5.41, 5.74) is 9.79. The van der Waals surface area contributed by atoms with E-state index in [9.17, 15) is 0 Å². The van der Waals surface area contributed by atoms with Gasteiger partial charge in [-0.25, -0.2) is 0 Å². The van der Waals surface area contributed by atoms with Crippen LogP contribution in [0, 0.1) is 13.8 Å². The molecule has 3 rings (SSSR count). The second-order valence-corrected chi connectivity index (χ2v) is 10.2. The van der Waals surface area contributed by atoms with Gasteiger partial charge in [-0.3, -0.25) is 4.90 Å². The lowest BCUT2D eigenvalue weighted by molar-refractivity contribution is -0.145. The summed E-state index contributed by atoms with van der Waals surface area (Å²) in [6, 6.07) is 14.6. The Morgan fingerprint density at radius 1 is 1.00 bits per heavy atom. The van der Waals surface area contributed by atoms with Gasteiger partial charge in [-0.1, -0.05) is 49.7 Å². The summed E-state index contributed by atoms with van der Waals surface area (Å²) in [4.78, 5) is 11.3. The Bertz CT molecular complexity index is 1070. The van der Waals surface area contributed by atoms with Crippen molar-refractivity contribution >= 4 is 17.2 Å². The van der Waals surface area contributed by atoms with Crippen molar-refractivity contribution in [2.24, 2.45) is 12.8 Å². The smallest absolute Gasteiger partial charge is 0.170 e. The third-order valence-corrected chi connectivity index (χ3v) is 5.43. The zero-order valence-electron chi connectivity index (χ0n) is 26.9. The van der Waals surface area contributed by atoms with Crippen molar-refractivity contribution in [3.8, 4) is 5.75 Å². The second kappa shape index (κ2) is 20.2. The van der Waals surface area contributed by atoms with Crippen LogP contribution in [0.25, 0.3) is 10.9 Å². The highest BCUT2D eigenvalue weighted by Gasteiger charge is 2.14. The van der Waals surface area contributed by atoms with Crippen LogP contribution >= 0.6 is 0 Å². The molecule has 2 N–H and O–H groups in total. The summed E-state index contributed by atoms with van der Waals surface area (Å²) in [5.74, 6) is 0.938. The highest BCUT2D eigenvalue weighted by Crippen LogP contribution is 2.24. The van der Waals surface area contributed by atoms with Gasteiger partial charge in [0.15, 0.2) is 6.29 Å². The molecule has 7 heteroatoms. The minimum Gasteiger partial charge on any atom is -0.488 e. The highest BCUT2D eigenvalue weighted by atomic mass is 16.7. The van der Waals surface area contributed by atoms with E-state index < -0.39 is 0 Å². The monoisotopic (exact) mass is 557 g/mol. The van der Waals surface area contributed by atoms with Gasteiger partial charge in [0.1, 0.15) is 17.6 Å². The molecule has 0 aliphatic rings. The van der Waals surface area contributed by atoms with Gasteiger partial charge in [-0.05, 0) is 78.8 Å². The Balaban J connectivity index is 0.000000708. The maximum atomic E-state index is 9.05. The molecule has 0 unspecified atom stereocenters. The van der Waals surface area contributed by atoms with Crippen molar-refractivity contribution in [2.75, 3.05) is 33.4 Å². The molecule has 3 aromatic rings. The fourth-order valence-corrected chi connectivity index (χ4v) is 3.97. The summed E-state index contributed by atoms with van der Waals surface area (Å²) in [5, 5.41) is 1.33. The molecule has 40 heavy (non-hydrogen) atoms. The number of ether oxygens (including phenoxy) is 3. The van der Waals surface area contributed by atoms with Crippen LogP contribution in [0.1, 0.15) is 65.2 Å². The first-order valence-corrected chi connectivity index (χ1v) is 14.3. The SMILES string of the molecule is CC.CCOC(CN(C)Cc1cccc2c(C)cn(C)c12)OCC.Cc1ccc(OC(C)(C)C)cc1.NCC=O. The van der Waals surface area contributed by atoms with E-state index in [2.05, 4.69) is 79.7 Å². The Morgan fingerprint density at radius 3 is 2.02 bits per heavy atom. The van der Waals surface area contributed by atoms with Gasteiger partial charge in [0.05, 0.1) is 5.52 Å². The zero-order chi connectivity index (χ0) is 30.7. The van der Waals surface area contributed by atoms with E-state index in [-0.39, 0.29) is 18.4 Å². The average Bonchev–Trinajstić information content (AvgIpc) is 3.20. The number of likely N-dealkylation sites (N-methyl/N-ethyl adjacent to an activating group) is 1. The molecular weight excluding hydrogens is 502 g/mol. The number of carbonyl (C=O) groups excluding carboxylic acids is 1. The summed E-state index contributed by atoms with van der Waals surface area (Å²) >= 11 is 0. The van der Waals surface area contributed by atoms with Crippen LogP contribution in [-0.4, -0.2) is 61.0 Å². The van der Waals surface area contributed by atoms with Crippen molar-refractivity contribution in [3.05, 3.63) is 65.4 Å². The minimum atomic E-state index is -0.158. The topological polar surface area (TPSA) is 78.9 Å². The molecule has 1 heterocycles. The van der Waals surface area contributed by atoms with Crippen molar-refractivity contribution in [1.82, 2.24) is 9.47 Å². The number of para-hydroxylation sites is 1. The van der Waals surface area contributed by atoms with Crippen molar-refractivity contribution in [3.63, 3.8) is 0 Å². The van der Waals surface area contributed by atoms with Crippen LogP contribution < -0.4 is 10.5 Å². The van der Waals surface area contributed by atoms with E-state index in [1.165, 1.54) is 27.6 Å². The molecule has 2 aromatic carbocycles. The molecular formula is C33H55N3O4. The molecule has 7 nitrogen and oxygen atoms in total. The third-order valence-electron chi connectivity index (χ3n) is 5.43. The second-order valence-electron chi connectivity index (χ2n) is 10.2. The predicted octanol–water partition coefficient (Wildman–Crippen LogP) is 6.66.